The van der Waals surface area contributed by atoms with E-state index in [2.05, 4.69) is 15.3 Å². The monoisotopic (exact) mass is 414 g/mol. The van der Waals surface area contributed by atoms with Gasteiger partial charge in [0, 0.05) is 11.2 Å². The number of nitrogens with one attached hydrogen (secondary N) is 1. The summed E-state index contributed by atoms with van der Waals surface area (Å²) in [7, 11) is 0. The Balaban J connectivity index is 1.69. The Morgan fingerprint density at radius 2 is 1.97 bits per heavy atom. The van der Waals surface area contributed by atoms with E-state index in [4.69, 9.17) is 21.8 Å². The van der Waals surface area contributed by atoms with E-state index in [0.29, 0.717) is 28.2 Å². The number of benzene rings is 2. The average Bonchev–Trinajstić information content (AvgIpc) is 3.08. The normalized spacial score (nSPS) is 11.7. The molecule has 4 rings (SSSR count). The van der Waals surface area contributed by atoms with E-state index in [1.165, 1.54) is 18.3 Å². The number of halogens is 3. The summed E-state index contributed by atoms with van der Waals surface area (Å²) in [6, 6.07) is 15.3. The maximum atomic E-state index is 14.6. The highest BCUT2D eigenvalue weighted by Gasteiger charge is 2.33. The van der Waals surface area contributed by atoms with Crippen molar-refractivity contribution in [2.75, 3.05) is 17.6 Å². The van der Waals surface area contributed by atoms with E-state index >= 15 is 0 Å². The van der Waals surface area contributed by atoms with Gasteiger partial charge in [-0.1, -0.05) is 35.9 Å². The maximum Gasteiger partial charge on any atom is 0.306 e. The van der Waals surface area contributed by atoms with E-state index in [0.717, 1.165) is 11.1 Å². The first-order chi connectivity index (χ1) is 13.9. The number of anilines is 2. The zero-order valence-electron chi connectivity index (χ0n) is 15.2. The number of hydrogen-bond donors (Lipinski definition) is 2. The van der Waals surface area contributed by atoms with Gasteiger partial charge in [0.1, 0.15) is 11.2 Å². The van der Waals surface area contributed by atoms with Crippen molar-refractivity contribution in [2.45, 2.75) is 12.3 Å². The van der Waals surface area contributed by atoms with Crippen LogP contribution in [0.3, 0.4) is 0 Å². The Morgan fingerprint density at radius 1 is 1.10 bits per heavy atom. The molecule has 8 heteroatoms. The number of hydrogen-bond acceptors (Lipinski definition) is 5. The fraction of sp³-hybridized carbons (Fsp3) is 0.143. The van der Waals surface area contributed by atoms with Crippen molar-refractivity contribution in [3.63, 3.8) is 0 Å². The Hall–Kier alpha value is -3.19. The lowest BCUT2D eigenvalue weighted by atomic mass is 10.0. The third-order valence-corrected chi connectivity index (χ3v) is 4.71. The average molecular weight is 415 g/mol. The first kappa shape index (κ1) is 19.1. The fourth-order valence-electron chi connectivity index (χ4n) is 3.13. The number of nitrogens with two attached hydrogens (primary N) is 1. The minimum atomic E-state index is -3.17. The minimum Gasteiger partial charge on any atom is -0.424 e. The summed E-state index contributed by atoms with van der Waals surface area (Å²) in [6.07, 6.45) is 1.81. The second-order valence-electron chi connectivity index (χ2n) is 6.58. The van der Waals surface area contributed by atoms with Crippen LogP contribution in [-0.2, 0) is 12.3 Å². The first-order valence-corrected chi connectivity index (χ1v) is 9.26. The van der Waals surface area contributed by atoms with Gasteiger partial charge in [0.25, 0.3) is 6.01 Å². The Kier molecular flexibility index (Phi) is 5.07. The van der Waals surface area contributed by atoms with Crippen LogP contribution in [0.2, 0.25) is 5.02 Å². The number of fused-ring (bicyclic) bond motifs is 1. The summed E-state index contributed by atoms with van der Waals surface area (Å²) in [5, 5.41) is 3.44. The first-order valence-electron chi connectivity index (χ1n) is 8.88. The molecule has 0 spiro atoms. The van der Waals surface area contributed by atoms with Gasteiger partial charge in [0.15, 0.2) is 5.58 Å². The SMILES string of the molecule is Nc1nc2c(NCC(F)(F)c3ccccn3)c(Cc3cccc(Cl)c3)ccc2o1. The van der Waals surface area contributed by atoms with Crippen LogP contribution in [0.1, 0.15) is 16.8 Å². The van der Waals surface area contributed by atoms with Crippen molar-refractivity contribution < 1.29 is 13.2 Å². The van der Waals surface area contributed by atoms with Crippen LogP contribution in [0.4, 0.5) is 20.5 Å². The van der Waals surface area contributed by atoms with E-state index in [-0.39, 0.29) is 11.7 Å². The highest BCUT2D eigenvalue weighted by molar-refractivity contribution is 6.30. The summed E-state index contributed by atoms with van der Waals surface area (Å²) in [4.78, 5) is 7.94. The number of aromatic nitrogens is 2. The third kappa shape index (κ3) is 4.14. The highest BCUT2D eigenvalue weighted by atomic mass is 35.5. The van der Waals surface area contributed by atoms with Gasteiger partial charge in [-0.3, -0.25) is 4.98 Å². The molecule has 2 aromatic carbocycles. The third-order valence-electron chi connectivity index (χ3n) is 4.47. The smallest absolute Gasteiger partial charge is 0.306 e. The predicted octanol–water partition coefficient (Wildman–Crippen LogP) is 5.25. The van der Waals surface area contributed by atoms with Gasteiger partial charge in [-0.2, -0.15) is 13.8 Å². The second kappa shape index (κ2) is 7.67. The second-order valence-corrected chi connectivity index (χ2v) is 7.01. The molecule has 0 radical (unpaired) electrons. The summed E-state index contributed by atoms with van der Waals surface area (Å²) >= 11 is 6.07. The van der Waals surface area contributed by atoms with Gasteiger partial charge in [-0.05, 0) is 47.9 Å². The number of nitrogens with zero attached hydrogens (tertiary/aromatic N) is 2. The summed E-state index contributed by atoms with van der Waals surface area (Å²) < 4.78 is 34.7. The van der Waals surface area contributed by atoms with E-state index in [1.54, 1.807) is 24.3 Å². The van der Waals surface area contributed by atoms with Crippen LogP contribution >= 0.6 is 11.6 Å². The molecule has 0 saturated carbocycles. The molecule has 0 fully saturated rings. The number of pyridine rings is 1. The molecule has 0 atom stereocenters. The van der Waals surface area contributed by atoms with Crippen molar-refractivity contribution in [3.8, 4) is 0 Å². The minimum absolute atomic E-state index is 0.0283. The molecule has 0 aliphatic rings. The summed E-state index contributed by atoms with van der Waals surface area (Å²) in [6.45, 7) is -0.654. The van der Waals surface area contributed by atoms with Gasteiger partial charge in [0.05, 0.1) is 12.2 Å². The van der Waals surface area contributed by atoms with Gasteiger partial charge in [-0.25, -0.2) is 0 Å². The summed E-state index contributed by atoms with van der Waals surface area (Å²) in [5.41, 5.74) is 8.33. The predicted molar refractivity (Wildman–Crippen MR) is 109 cm³/mol. The Labute approximate surface area is 170 Å². The molecule has 148 valence electrons. The topological polar surface area (TPSA) is 77.0 Å². The van der Waals surface area contributed by atoms with Crippen molar-refractivity contribution in [3.05, 3.63) is 82.6 Å². The van der Waals surface area contributed by atoms with Crippen LogP contribution in [0, 0.1) is 0 Å². The van der Waals surface area contributed by atoms with Crippen molar-refractivity contribution in [1.29, 1.82) is 0 Å². The molecular weight excluding hydrogens is 398 g/mol. The van der Waals surface area contributed by atoms with Crippen LogP contribution < -0.4 is 11.1 Å². The molecule has 0 unspecified atom stereocenters. The standard InChI is InChI=1S/C21H17ClF2N4O/c22-15-5-3-4-13(11-15)10-14-7-8-16-19(28-20(25)29-16)18(14)27-12-21(23,24)17-6-1-2-9-26-17/h1-9,11,27H,10,12H2,(H2,25,28). The molecule has 2 aromatic heterocycles. The summed E-state index contributed by atoms with van der Waals surface area (Å²) in [5.74, 6) is -3.17. The molecule has 4 aromatic rings. The molecule has 0 amide bonds. The van der Waals surface area contributed by atoms with Crippen molar-refractivity contribution in [1.82, 2.24) is 9.97 Å². The molecule has 0 saturated heterocycles. The number of alkyl halides is 2. The largest absolute Gasteiger partial charge is 0.424 e. The number of nitrogen functional groups attached to an aromatic ring is 1. The van der Waals surface area contributed by atoms with E-state index in [9.17, 15) is 8.78 Å². The molecule has 0 aliphatic heterocycles. The zero-order chi connectivity index (χ0) is 20.4. The molecule has 2 heterocycles. The molecule has 3 N–H and O–H groups in total. The molecule has 0 bridgehead atoms. The maximum absolute atomic E-state index is 14.6. The Morgan fingerprint density at radius 3 is 2.72 bits per heavy atom. The van der Waals surface area contributed by atoms with Gasteiger partial charge in [-0.15, -0.1) is 0 Å². The molecular formula is C21H17ClF2N4O. The van der Waals surface area contributed by atoms with Gasteiger partial charge in [0.2, 0.25) is 0 Å². The van der Waals surface area contributed by atoms with E-state index < -0.39 is 12.5 Å². The lowest BCUT2D eigenvalue weighted by molar-refractivity contribution is 0.00601. The van der Waals surface area contributed by atoms with Crippen molar-refractivity contribution >= 4 is 34.4 Å². The number of rotatable bonds is 6. The van der Waals surface area contributed by atoms with Crippen LogP contribution in [0.15, 0.2) is 65.2 Å². The van der Waals surface area contributed by atoms with Crippen LogP contribution in [0.25, 0.3) is 11.1 Å². The fourth-order valence-corrected chi connectivity index (χ4v) is 3.35. The zero-order valence-corrected chi connectivity index (χ0v) is 16.0. The highest BCUT2D eigenvalue weighted by Crippen LogP contribution is 2.33. The lowest BCUT2D eigenvalue weighted by Crippen LogP contribution is -2.26. The quantitative estimate of drug-likeness (QED) is 0.450. The van der Waals surface area contributed by atoms with Crippen LogP contribution in [-0.4, -0.2) is 16.5 Å². The molecule has 0 aliphatic carbocycles. The lowest BCUT2D eigenvalue weighted by Gasteiger charge is -2.19. The van der Waals surface area contributed by atoms with Gasteiger partial charge < -0.3 is 15.5 Å². The van der Waals surface area contributed by atoms with Crippen molar-refractivity contribution in [2.24, 2.45) is 0 Å². The van der Waals surface area contributed by atoms with E-state index in [1.807, 2.05) is 18.2 Å². The number of oxazole rings is 1. The van der Waals surface area contributed by atoms with Gasteiger partial charge >= 0.3 is 5.92 Å². The molecule has 5 nitrogen and oxygen atoms in total. The van der Waals surface area contributed by atoms with Crippen LogP contribution in [0.5, 0.6) is 0 Å². The Bertz CT molecular complexity index is 1150. The molecule has 29 heavy (non-hydrogen) atoms.